The molecule has 0 unspecified atom stereocenters. The smallest absolute Gasteiger partial charge is 0.335 e. The lowest BCUT2D eigenvalue weighted by atomic mass is 10.1. The first-order valence-corrected chi connectivity index (χ1v) is 6.82. The third-order valence-corrected chi connectivity index (χ3v) is 3.68. The van der Waals surface area contributed by atoms with Gasteiger partial charge in [0.15, 0.2) is 0 Å². The van der Waals surface area contributed by atoms with Crippen molar-refractivity contribution >= 4 is 12.0 Å². The number of amides is 2. The van der Waals surface area contributed by atoms with Crippen molar-refractivity contribution in [3.8, 4) is 0 Å². The molecule has 1 aliphatic carbocycles. The highest BCUT2D eigenvalue weighted by atomic mass is 16.4. The summed E-state index contributed by atoms with van der Waals surface area (Å²) in [5.41, 5.74) is 1.59. The van der Waals surface area contributed by atoms with Crippen LogP contribution in [-0.2, 0) is 6.42 Å². The van der Waals surface area contributed by atoms with Gasteiger partial charge in [-0.15, -0.1) is 0 Å². The number of benzene rings is 1. The van der Waals surface area contributed by atoms with Crippen molar-refractivity contribution in [2.45, 2.75) is 26.2 Å². The molecule has 5 heteroatoms. The number of carboxylic acid groups (broad SMARTS) is 1. The SMILES string of the molecule is CC1(CNC(=O)NCCc2ccc(C(=O)O)cc2)CC1. The minimum absolute atomic E-state index is 0.139. The van der Waals surface area contributed by atoms with Gasteiger partial charge in [-0.25, -0.2) is 9.59 Å². The molecule has 0 aliphatic heterocycles. The second-order valence-corrected chi connectivity index (χ2v) is 5.67. The standard InChI is InChI=1S/C15H20N2O3/c1-15(7-8-15)10-17-14(20)16-9-6-11-2-4-12(5-3-11)13(18)19/h2-5H,6-10H2,1H3,(H,18,19)(H2,16,17,20). The van der Waals surface area contributed by atoms with Crippen LogP contribution < -0.4 is 10.6 Å². The summed E-state index contributed by atoms with van der Waals surface area (Å²) in [4.78, 5) is 22.3. The fourth-order valence-electron chi connectivity index (χ4n) is 1.88. The fraction of sp³-hybridized carbons (Fsp3) is 0.467. The molecule has 1 aromatic rings. The van der Waals surface area contributed by atoms with Crippen molar-refractivity contribution in [1.82, 2.24) is 10.6 Å². The van der Waals surface area contributed by atoms with Crippen LogP contribution in [0.15, 0.2) is 24.3 Å². The molecular formula is C15H20N2O3. The number of aromatic carboxylic acids is 1. The Hall–Kier alpha value is -2.04. The highest BCUT2D eigenvalue weighted by Crippen LogP contribution is 2.43. The third kappa shape index (κ3) is 4.26. The topological polar surface area (TPSA) is 78.4 Å². The van der Waals surface area contributed by atoms with Crippen molar-refractivity contribution in [2.75, 3.05) is 13.1 Å². The molecule has 0 aromatic heterocycles. The van der Waals surface area contributed by atoms with Crippen LogP contribution in [0.25, 0.3) is 0 Å². The first kappa shape index (κ1) is 14.4. The maximum atomic E-state index is 11.6. The molecule has 1 saturated carbocycles. The molecule has 0 saturated heterocycles. The quantitative estimate of drug-likeness (QED) is 0.744. The first-order chi connectivity index (χ1) is 9.48. The predicted octanol–water partition coefficient (Wildman–Crippen LogP) is 2.03. The van der Waals surface area contributed by atoms with Crippen LogP contribution in [0.5, 0.6) is 0 Å². The second kappa shape index (κ2) is 5.94. The Bertz CT molecular complexity index is 492. The van der Waals surface area contributed by atoms with Crippen LogP contribution >= 0.6 is 0 Å². The van der Waals surface area contributed by atoms with Crippen molar-refractivity contribution in [3.63, 3.8) is 0 Å². The second-order valence-electron chi connectivity index (χ2n) is 5.67. The van der Waals surface area contributed by atoms with E-state index in [1.165, 1.54) is 12.8 Å². The molecular weight excluding hydrogens is 256 g/mol. The maximum absolute atomic E-state index is 11.6. The number of hydrogen-bond donors (Lipinski definition) is 3. The molecule has 2 rings (SSSR count). The lowest BCUT2D eigenvalue weighted by molar-refractivity contribution is 0.0697. The van der Waals surface area contributed by atoms with Crippen LogP contribution in [0.2, 0.25) is 0 Å². The van der Waals surface area contributed by atoms with Crippen molar-refractivity contribution in [1.29, 1.82) is 0 Å². The van der Waals surface area contributed by atoms with E-state index in [4.69, 9.17) is 5.11 Å². The van der Waals surface area contributed by atoms with Crippen molar-refractivity contribution in [2.24, 2.45) is 5.41 Å². The molecule has 20 heavy (non-hydrogen) atoms. The summed E-state index contributed by atoms with van der Waals surface area (Å²) in [5, 5.41) is 14.5. The number of carboxylic acids is 1. The number of urea groups is 1. The summed E-state index contributed by atoms with van der Waals surface area (Å²) in [5.74, 6) is -0.928. The van der Waals surface area contributed by atoms with E-state index in [0.29, 0.717) is 18.4 Å². The Balaban J connectivity index is 1.67. The zero-order valence-electron chi connectivity index (χ0n) is 11.6. The molecule has 0 bridgehead atoms. The Labute approximate surface area is 118 Å². The van der Waals surface area contributed by atoms with E-state index in [9.17, 15) is 9.59 Å². The summed E-state index contributed by atoms with van der Waals surface area (Å²) in [7, 11) is 0. The van der Waals surface area contributed by atoms with Gasteiger partial charge in [0, 0.05) is 13.1 Å². The van der Waals surface area contributed by atoms with E-state index in [1.807, 2.05) is 0 Å². The fourth-order valence-corrected chi connectivity index (χ4v) is 1.88. The van der Waals surface area contributed by atoms with E-state index in [0.717, 1.165) is 12.1 Å². The van der Waals surface area contributed by atoms with E-state index in [1.54, 1.807) is 24.3 Å². The molecule has 1 aliphatic rings. The monoisotopic (exact) mass is 276 g/mol. The van der Waals surface area contributed by atoms with Gasteiger partial charge in [-0.2, -0.15) is 0 Å². The average molecular weight is 276 g/mol. The summed E-state index contributed by atoms with van der Waals surface area (Å²) < 4.78 is 0. The van der Waals surface area contributed by atoms with E-state index < -0.39 is 5.97 Å². The molecule has 0 radical (unpaired) electrons. The first-order valence-electron chi connectivity index (χ1n) is 6.82. The van der Waals surface area contributed by atoms with Crippen LogP contribution in [0, 0.1) is 5.41 Å². The van der Waals surface area contributed by atoms with E-state index in [2.05, 4.69) is 17.6 Å². The number of nitrogens with one attached hydrogen (secondary N) is 2. The largest absolute Gasteiger partial charge is 0.478 e. The van der Waals surface area contributed by atoms with Crippen molar-refractivity contribution in [3.05, 3.63) is 35.4 Å². The molecule has 0 heterocycles. The highest BCUT2D eigenvalue weighted by Gasteiger charge is 2.37. The van der Waals surface area contributed by atoms with Gasteiger partial charge in [-0.1, -0.05) is 19.1 Å². The van der Waals surface area contributed by atoms with Gasteiger partial charge in [0.05, 0.1) is 5.56 Å². The van der Waals surface area contributed by atoms with Gasteiger partial charge in [0.25, 0.3) is 0 Å². The van der Waals surface area contributed by atoms with Crippen LogP contribution in [0.4, 0.5) is 4.79 Å². The van der Waals surface area contributed by atoms with Gasteiger partial charge < -0.3 is 15.7 Å². The van der Waals surface area contributed by atoms with Gasteiger partial charge in [-0.05, 0) is 42.4 Å². The third-order valence-electron chi connectivity index (χ3n) is 3.68. The molecule has 108 valence electrons. The Morgan fingerprint density at radius 1 is 1.20 bits per heavy atom. The summed E-state index contributed by atoms with van der Waals surface area (Å²) >= 11 is 0. The van der Waals surface area contributed by atoms with E-state index in [-0.39, 0.29) is 11.6 Å². The van der Waals surface area contributed by atoms with E-state index >= 15 is 0 Å². The number of hydrogen-bond acceptors (Lipinski definition) is 2. The average Bonchev–Trinajstić information content (AvgIpc) is 3.16. The molecule has 0 spiro atoms. The van der Waals surface area contributed by atoms with Crippen LogP contribution in [0.1, 0.15) is 35.7 Å². The van der Waals surface area contributed by atoms with Gasteiger partial charge in [0.2, 0.25) is 0 Å². The minimum Gasteiger partial charge on any atom is -0.478 e. The minimum atomic E-state index is -0.928. The predicted molar refractivity (Wildman–Crippen MR) is 75.8 cm³/mol. The lowest BCUT2D eigenvalue weighted by Gasteiger charge is -2.11. The van der Waals surface area contributed by atoms with Crippen molar-refractivity contribution < 1.29 is 14.7 Å². The van der Waals surface area contributed by atoms with Crippen LogP contribution in [0.3, 0.4) is 0 Å². The zero-order valence-corrected chi connectivity index (χ0v) is 11.6. The number of carbonyl (C=O) groups is 2. The molecule has 1 fully saturated rings. The molecule has 0 atom stereocenters. The Morgan fingerprint density at radius 2 is 1.85 bits per heavy atom. The number of carbonyl (C=O) groups excluding carboxylic acids is 1. The lowest BCUT2D eigenvalue weighted by Crippen LogP contribution is -2.39. The molecule has 1 aromatic carbocycles. The highest BCUT2D eigenvalue weighted by molar-refractivity contribution is 5.87. The summed E-state index contributed by atoms with van der Waals surface area (Å²) in [6.45, 7) is 3.43. The normalized spacial score (nSPS) is 15.4. The van der Waals surface area contributed by atoms with Gasteiger partial charge in [0.1, 0.15) is 0 Å². The summed E-state index contributed by atoms with van der Waals surface area (Å²) in [6, 6.07) is 6.56. The Morgan fingerprint density at radius 3 is 2.40 bits per heavy atom. The molecule has 3 N–H and O–H groups in total. The maximum Gasteiger partial charge on any atom is 0.335 e. The Kier molecular flexibility index (Phi) is 4.27. The number of rotatable bonds is 6. The van der Waals surface area contributed by atoms with Crippen LogP contribution in [-0.4, -0.2) is 30.2 Å². The summed E-state index contributed by atoms with van der Waals surface area (Å²) in [6.07, 6.45) is 3.05. The molecule has 2 amide bonds. The molecule has 5 nitrogen and oxygen atoms in total. The zero-order chi connectivity index (χ0) is 14.6. The van der Waals surface area contributed by atoms with Gasteiger partial charge >= 0.3 is 12.0 Å². The van der Waals surface area contributed by atoms with Gasteiger partial charge in [-0.3, -0.25) is 0 Å².